The zero-order valence-electron chi connectivity index (χ0n) is 30.1. The number of ketones is 2. The molecule has 1 fully saturated rings. The first-order chi connectivity index (χ1) is 26.2. The smallest absolute Gasteiger partial charge is 0.231 e. The quantitative estimate of drug-likeness (QED) is 0.169. The van der Waals surface area contributed by atoms with E-state index in [0.29, 0.717) is 23.0 Å². The molecule has 0 saturated heterocycles. The van der Waals surface area contributed by atoms with Crippen LogP contribution in [0.2, 0.25) is 0 Å². The zero-order chi connectivity index (χ0) is 38.4. The van der Waals surface area contributed by atoms with Gasteiger partial charge in [-0.25, -0.2) is 0 Å². The molecule has 0 aromatic heterocycles. The van der Waals surface area contributed by atoms with Crippen LogP contribution in [0.5, 0.6) is 57.5 Å². The van der Waals surface area contributed by atoms with Gasteiger partial charge in [0.25, 0.3) is 0 Å². The number of fused-ring (bicyclic) bond motifs is 2. The van der Waals surface area contributed by atoms with Crippen LogP contribution in [0.25, 0.3) is 0 Å². The summed E-state index contributed by atoms with van der Waals surface area (Å²) in [6.07, 6.45) is 0. The van der Waals surface area contributed by atoms with Crippen molar-refractivity contribution in [3.63, 3.8) is 0 Å². The second kappa shape index (κ2) is 13.6. The van der Waals surface area contributed by atoms with Gasteiger partial charge in [-0.3, -0.25) is 9.59 Å². The third-order valence-corrected chi connectivity index (χ3v) is 10.4. The highest BCUT2D eigenvalue weighted by Crippen LogP contribution is 2.69. The summed E-state index contributed by atoms with van der Waals surface area (Å²) in [5.41, 5.74) is -3.72. The van der Waals surface area contributed by atoms with Gasteiger partial charge in [0.1, 0.15) is 10.8 Å². The van der Waals surface area contributed by atoms with Gasteiger partial charge in [0.05, 0.1) is 66.6 Å². The summed E-state index contributed by atoms with van der Waals surface area (Å²) in [6.45, 7) is -0.0955. The van der Waals surface area contributed by atoms with Crippen molar-refractivity contribution in [2.45, 2.75) is 10.8 Å². The Morgan fingerprint density at radius 2 is 0.870 bits per heavy atom. The molecule has 3 aliphatic rings. The molecule has 2 aliphatic heterocycles. The largest absolute Gasteiger partial charge is 0.493 e. The van der Waals surface area contributed by atoms with E-state index in [9.17, 15) is 10.5 Å². The van der Waals surface area contributed by atoms with Gasteiger partial charge in [-0.1, -0.05) is 0 Å². The van der Waals surface area contributed by atoms with Crippen LogP contribution in [0.15, 0.2) is 60.7 Å². The Kier molecular flexibility index (Phi) is 8.99. The number of benzene rings is 4. The maximum absolute atomic E-state index is 15.2. The fourth-order valence-corrected chi connectivity index (χ4v) is 7.93. The fraction of sp³-hybridized carbons (Fsp3) is 0.300. The van der Waals surface area contributed by atoms with E-state index in [-0.39, 0.29) is 70.3 Å². The third kappa shape index (κ3) is 4.90. The first-order valence-corrected chi connectivity index (χ1v) is 16.5. The van der Waals surface area contributed by atoms with Crippen LogP contribution in [0, 0.1) is 34.5 Å². The van der Waals surface area contributed by atoms with Gasteiger partial charge in [-0.05, 0) is 71.8 Å². The summed E-state index contributed by atoms with van der Waals surface area (Å²) < 4.78 is 56.1. The van der Waals surface area contributed by atoms with Crippen molar-refractivity contribution in [2.75, 3.05) is 56.2 Å². The lowest BCUT2D eigenvalue weighted by Gasteiger charge is -2.61. The number of ether oxygens (including phenoxy) is 10. The molecule has 0 unspecified atom stereocenters. The van der Waals surface area contributed by atoms with Crippen molar-refractivity contribution in [1.29, 1.82) is 10.5 Å². The second-order valence-electron chi connectivity index (χ2n) is 12.5. The number of nitriles is 2. The number of rotatable bonds is 12. The van der Waals surface area contributed by atoms with E-state index in [0.717, 1.165) is 0 Å². The van der Waals surface area contributed by atoms with Crippen LogP contribution in [-0.2, 0) is 10.8 Å². The van der Waals surface area contributed by atoms with E-state index in [1.807, 2.05) is 0 Å². The lowest BCUT2D eigenvalue weighted by molar-refractivity contribution is 0.000745. The average Bonchev–Trinajstić information content (AvgIpc) is 3.89. The van der Waals surface area contributed by atoms with Crippen LogP contribution in [-0.4, -0.2) is 67.8 Å². The van der Waals surface area contributed by atoms with Crippen molar-refractivity contribution in [2.24, 2.45) is 11.8 Å². The number of Topliss-reactive ketones (excluding diaryl/α,β-unsaturated/α-hetero) is 2. The minimum absolute atomic E-state index is 0.0477. The highest BCUT2D eigenvalue weighted by Gasteiger charge is 2.79. The molecule has 0 spiro atoms. The summed E-state index contributed by atoms with van der Waals surface area (Å²) in [4.78, 5) is 30.4. The van der Waals surface area contributed by atoms with Crippen molar-refractivity contribution >= 4 is 11.6 Å². The van der Waals surface area contributed by atoms with Gasteiger partial charge in [-0.2, -0.15) is 10.5 Å². The standard InChI is InChI=1S/C40H34N2O12/c1-45-29-13-23(14-30(46-2)37(29)49-5)39(17-41)33(35(43)21-7-9-25-27(11-21)53-19-51-25)34(36(44)22-8-10-26-28(12-22)54-20-52-26)40(39,18-42)24-15-31(47-3)38(50-6)32(16-24)48-4/h7-16,33-34H,19-20H2,1-6H3/t33-,34+,39-,40+. The second-order valence-corrected chi connectivity index (χ2v) is 12.5. The number of hydrogen-bond donors (Lipinski definition) is 0. The Bertz CT molecular complexity index is 2070. The molecule has 14 heteroatoms. The molecular weight excluding hydrogens is 700 g/mol. The van der Waals surface area contributed by atoms with Gasteiger partial charge >= 0.3 is 0 Å². The van der Waals surface area contributed by atoms with Crippen LogP contribution >= 0.6 is 0 Å². The molecule has 54 heavy (non-hydrogen) atoms. The summed E-state index contributed by atoms with van der Waals surface area (Å²) in [7, 11) is 8.45. The number of carbonyl (C=O) groups is 2. The third-order valence-electron chi connectivity index (χ3n) is 10.4. The number of hydrogen-bond acceptors (Lipinski definition) is 14. The zero-order valence-corrected chi connectivity index (χ0v) is 30.1. The normalized spacial score (nSPS) is 21.5. The fourth-order valence-electron chi connectivity index (χ4n) is 7.93. The van der Waals surface area contributed by atoms with E-state index < -0.39 is 34.2 Å². The predicted octanol–water partition coefficient (Wildman–Crippen LogP) is 5.43. The minimum Gasteiger partial charge on any atom is -0.493 e. The molecule has 4 atom stereocenters. The lowest BCUT2D eigenvalue weighted by atomic mass is 9.33. The summed E-state index contributed by atoms with van der Waals surface area (Å²) in [6, 6.07) is 20.0. The predicted molar refractivity (Wildman–Crippen MR) is 188 cm³/mol. The number of carbonyl (C=O) groups excluding carboxylic acids is 2. The van der Waals surface area contributed by atoms with Crippen LogP contribution < -0.4 is 47.4 Å². The Labute approximate surface area is 310 Å². The topological polar surface area (TPSA) is 174 Å². The monoisotopic (exact) mass is 734 g/mol. The molecule has 2 heterocycles. The van der Waals surface area contributed by atoms with Crippen LogP contribution in [0.3, 0.4) is 0 Å². The summed E-state index contributed by atoms with van der Waals surface area (Å²) >= 11 is 0. The Balaban J connectivity index is 1.58. The number of nitrogens with zero attached hydrogens (tertiary/aromatic N) is 2. The van der Waals surface area contributed by atoms with Gasteiger partial charge in [-0.15, -0.1) is 0 Å². The number of methoxy groups -OCH3 is 6. The Morgan fingerprint density at radius 1 is 0.537 bits per heavy atom. The van der Waals surface area contributed by atoms with E-state index in [1.165, 1.54) is 91.2 Å². The van der Waals surface area contributed by atoms with Crippen molar-refractivity contribution in [3.05, 3.63) is 82.9 Å². The maximum Gasteiger partial charge on any atom is 0.231 e. The SMILES string of the molecule is COc1cc([C@@]2(C#N)[C@H](C(=O)c3ccc4c(c3)OCO4)[C@H](C(=O)c3ccc4c(c3)OCO4)[C@@]2(C#N)c2cc(OC)c(OC)c(OC)c2)cc(OC)c1OC. The van der Waals surface area contributed by atoms with Crippen molar-refractivity contribution < 1.29 is 57.0 Å². The average molecular weight is 735 g/mol. The van der Waals surface area contributed by atoms with Gasteiger partial charge in [0, 0.05) is 11.1 Å². The van der Waals surface area contributed by atoms with E-state index in [2.05, 4.69) is 12.1 Å². The molecule has 14 nitrogen and oxygen atoms in total. The summed E-state index contributed by atoms with van der Waals surface area (Å²) in [5, 5.41) is 23.4. The maximum atomic E-state index is 15.2. The summed E-state index contributed by atoms with van der Waals surface area (Å²) in [5.74, 6) is -1.73. The van der Waals surface area contributed by atoms with Crippen molar-refractivity contribution in [1.82, 2.24) is 0 Å². The minimum atomic E-state index is -2.12. The molecular formula is C40H34N2O12. The molecule has 1 aliphatic carbocycles. The highest BCUT2D eigenvalue weighted by molar-refractivity contribution is 6.10. The first kappa shape index (κ1) is 35.6. The molecule has 7 rings (SSSR count). The van der Waals surface area contributed by atoms with Crippen LogP contribution in [0.4, 0.5) is 0 Å². The molecule has 0 N–H and O–H groups in total. The van der Waals surface area contributed by atoms with Crippen LogP contribution in [0.1, 0.15) is 31.8 Å². The molecule has 276 valence electrons. The molecule has 0 amide bonds. The van der Waals surface area contributed by atoms with E-state index >= 15 is 9.59 Å². The van der Waals surface area contributed by atoms with Gasteiger partial charge < -0.3 is 47.4 Å². The Morgan fingerprint density at radius 3 is 1.17 bits per heavy atom. The van der Waals surface area contributed by atoms with Gasteiger partial charge in [0.2, 0.25) is 25.1 Å². The Hall–Kier alpha value is -6.80. The van der Waals surface area contributed by atoms with E-state index in [1.54, 1.807) is 12.1 Å². The molecule has 4 aromatic rings. The van der Waals surface area contributed by atoms with E-state index in [4.69, 9.17) is 47.4 Å². The highest BCUT2D eigenvalue weighted by atomic mass is 16.7. The van der Waals surface area contributed by atoms with Gasteiger partial charge in [0.15, 0.2) is 57.6 Å². The molecule has 0 radical (unpaired) electrons. The first-order valence-electron chi connectivity index (χ1n) is 16.5. The molecule has 0 bridgehead atoms. The molecule has 4 aromatic carbocycles. The molecule has 1 saturated carbocycles. The van der Waals surface area contributed by atoms with Crippen molar-refractivity contribution in [3.8, 4) is 69.6 Å². The lowest BCUT2D eigenvalue weighted by Crippen LogP contribution is -2.73.